The van der Waals surface area contributed by atoms with Crippen LogP contribution in [0.2, 0.25) is 0 Å². The van der Waals surface area contributed by atoms with E-state index in [9.17, 15) is 52.2 Å². The lowest BCUT2D eigenvalue weighted by Crippen LogP contribution is -2.62. The van der Waals surface area contributed by atoms with Crippen molar-refractivity contribution in [2.45, 2.75) is 168 Å². The summed E-state index contributed by atoms with van der Waals surface area (Å²) in [6.07, 6.45) is -13.4. The average Bonchev–Trinajstić information content (AvgIpc) is 0.947. The van der Waals surface area contributed by atoms with Crippen LogP contribution in [0.3, 0.4) is 0 Å². The Hall–Kier alpha value is -9.27. The van der Waals surface area contributed by atoms with Crippen LogP contribution in [0.4, 0.5) is 54.6 Å². The number of hydrogen-bond donors (Lipinski definition) is 5. The maximum atomic E-state index is 16.9. The summed E-state index contributed by atoms with van der Waals surface area (Å²) in [4.78, 5) is 133. The van der Waals surface area contributed by atoms with Crippen LogP contribution >= 0.6 is 7.82 Å². The Kier molecular flexibility index (Phi) is 26.9. The van der Waals surface area contributed by atoms with Gasteiger partial charge in [0.1, 0.15) is 35.6 Å². The number of aliphatic carboxylic acids is 1. The number of alkyl halides is 8. The van der Waals surface area contributed by atoms with Gasteiger partial charge in [-0.2, -0.15) is 40.2 Å². The van der Waals surface area contributed by atoms with Crippen molar-refractivity contribution in [1.82, 2.24) is 45.3 Å². The van der Waals surface area contributed by atoms with Gasteiger partial charge in [-0.15, -0.1) is 0 Å². The van der Waals surface area contributed by atoms with Gasteiger partial charge in [0.05, 0.1) is 87.3 Å². The van der Waals surface area contributed by atoms with E-state index in [1.165, 1.54) is 58.0 Å². The molecule has 3 saturated heterocycles. The number of phosphoric ester groups is 1. The topological polar surface area (TPSA) is 324 Å². The highest BCUT2D eigenvalue weighted by Crippen LogP contribution is 2.48. The van der Waals surface area contributed by atoms with Gasteiger partial charge in [0.2, 0.25) is 17.8 Å². The van der Waals surface area contributed by atoms with Crippen molar-refractivity contribution in [3.63, 3.8) is 0 Å². The second kappa shape index (κ2) is 34.3. The van der Waals surface area contributed by atoms with E-state index in [1.54, 1.807) is 12.4 Å². The Bertz CT molecular complexity index is 4240. The number of likely N-dealkylation sites (N-methyl/N-ethyl adjacent to an activating group) is 1. The monoisotopic (exact) mass is 1570 g/mol. The summed E-state index contributed by atoms with van der Waals surface area (Å²) in [5, 5.41) is 15.8. The van der Waals surface area contributed by atoms with Crippen LogP contribution in [0, 0.1) is 53.1 Å². The molecule has 0 spiro atoms. The predicted molar refractivity (Wildman–Crippen MR) is 368 cm³/mol. The van der Waals surface area contributed by atoms with Gasteiger partial charge >= 0.3 is 50.7 Å². The zero-order valence-corrected chi connectivity index (χ0v) is 62.2. The molecule has 37 heteroatoms. The molecule has 0 radical (unpaired) electrons. The summed E-state index contributed by atoms with van der Waals surface area (Å²) < 4.78 is 192. The van der Waals surface area contributed by atoms with E-state index in [4.69, 9.17) is 14.0 Å². The molecule has 3 amide bonds. The number of nitrogens with zero attached hydrogens (tertiary/aromatic N) is 8. The highest BCUT2D eigenvalue weighted by molar-refractivity contribution is 7.46. The number of hydrogen-bond acceptors (Lipinski definition) is 19. The lowest BCUT2D eigenvalue weighted by molar-refractivity contribution is -0.231. The first-order chi connectivity index (χ1) is 50.7. The Morgan fingerprint density at radius 1 is 0.798 bits per heavy atom. The molecule has 5 heterocycles. The van der Waals surface area contributed by atoms with Crippen LogP contribution in [0.25, 0.3) is 11.3 Å². The number of methoxy groups -OCH3 is 2. The molecule has 3 aromatic carbocycles. The number of amides is 3. The predicted octanol–water partition coefficient (Wildman–Crippen LogP) is 9.73. The molecule has 0 saturated carbocycles. The van der Waals surface area contributed by atoms with Crippen LogP contribution in [0.5, 0.6) is 5.75 Å². The Labute approximate surface area is 620 Å². The minimum absolute atomic E-state index is 0.104. The molecule has 3 aliphatic rings. The fourth-order valence-corrected chi connectivity index (χ4v) is 13.9. The van der Waals surface area contributed by atoms with Crippen LogP contribution in [-0.4, -0.2) is 194 Å². The minimum Gasteiger partial charge on any atom is -0.480 e. The third-order valence-electron chi connectivity index (χ3n) is 20.1. The summed E-state index contributed by atoms with van der Waals surface area (Å²) >= 11 is 0. The van der Waals surface area contributed by atoms with E-state index in [-0.39, 0.29) is 26.9 Å². The van der Waals surface area contributed by atoms with Crippen LogP contribution in [0.1, 0.15) is 126 Å². The number of ether oxygens (including phenoxy) is 4. The van der Waals surface area contributed by atoms with E-state index in [0.29, 0.717) is 106 Å². The second-order valence-corrected chi connectivity index (χ2v) is 30.2. The van der Waals surface area contributed by atoms with Gasteiger partial charge in [0, 0.05) is 97.4 Å². The molecule has 5 N–H and O–H groups in total. The van der Waals surface area contributed by atoms with Crippen molar-refractivity contribution in [3.05, 3.63) is 124 Å². The number of carbonyl (C=O) groups is 7. The van der Waals surface area contributed by atoms with Crippen molar-refractivity contribution in [1.29, 1.82) is 0 Å². The van der Waals surface area contributed by atoms with E-state index in [2.05, 4.69) is 51.6 Å². The molecule has 109 heavy (non-hydrogen) atoms. The molecule has 2 unspecified atom stereocenters. The molecular weight excluding hydrogens is 1480 g/mol. The van der Waals surface area contributed by atoms with Gasteiger partial charge in [0.25, 0.3) is 0 Å². The highest BCUT2D eigenvalue weighted by atomic mass is 31.2. The third-order valence-corrected chi connectivity index (χ3v) is 20.5. The number of Topliss-reactive ketones (excluding diaryl/α,β-unsaturated/α-hetero) is 1. The SMILES string of the molecule is COC(=O)C[C@H](C(=O)NN(Cc1c(F)cc(-c2ccn(C(F)F)n2)cc1F)C[C@H](OC(=O)CC(C)(C)c1c(CC(=O)N(C)[C@@H](C)C(=O)O)cc(C)cc1OP(=O)(O)O)[C@@H](CC(=O)[C@@H](NC(=O)OC)C(C)(C)C(F)(F)F)Cc1ccc(C#Cc2cnc(N3CC4CCC(C3)N4C3COC3)nc2)cc1)C(C)(C)C(F)(F)F. The second-order valence-electron chi connectivity index (χ2n) is 29.0. The van der Waals surface area contributed by atoms with E-state index in [0.717, 1.165) is 57.3 Å². The number of aromatic nitrogens is 4. The highest BCUT2D eigenvalue weighted by Gasteiger charge is 2.57. The number of hydrazine groups is 1. The zero-order valence-electron chi connectivity index (χ0n) is 61.3. The lowest BCUT2D eigenvalue weighted by atomic mass is 9.75. The number of rotatable bonds is 31. The number of phosphoric acid groups is 1. The number of nitrogens with one attached hydrogen (secondary N) is 2. The summed E-state index contributed by atoms with van der Waals surface area (Å²) in [7, 11) is -2.86. The number of carboxylic acid groups (broad SMARTS) is 1. The van der Waals surface area contributed by atoms with Crippen LogP contribution in [-0.2, 0) is 77.1 Å². The number of halogens is 10. The fraction of sp³-hybridized carbons (Fsp3) is 0.528. The quantitative estimate of drug-likeness (QED) is 0.00688. The maximum Gasteiger partial charge on any atom is 0.524 e. The number of aryl methyl sites for hydroxylation is 1. The molecule has 5 aromatic rings. The number of benzene rings is 3. The van der Waals surface area contributed by atoms with Crippen molar-refractivity contribution >= 4 is 55.4 Å². The Balaban J connectivity index is 1.28. The molecule has 2 aromatic heterocycles. The standard InChI is InChI=1S/C72H85F10N10O16P/c1-39-22-46(28-58(94)88(9)40(2)64(98)99)61(56(23-39)108-109(101,102)103)68(3,4)30-60(96)107-57(36-90(87-63(97)51(29-59(95)104-10)69(5,6)71(77,78)79)35-50-52(73)25-44(26-53(50)74)54-20-21-91(86-54)65(75)76)45(27-55(93)62(85-67(100)105-11)70(7,8)72(80,81)82)24-42-15-12-41(13-16-42)14-17-43-31-83-66(84-32-43)89-33-47-18-19-48(34-89)92(47)49-37-106-38-49/h12-13,15-16,20-23,25-26,31-32,40,45,47-49,51,57,62,65H,18-19,24,27-30,33-38H2,1-11H3,(H,85,100)(H,87,97)(H,98,99)(H2,101,102,103)/t40-,45+,47?,48?,51+,57-,62+/m0/s1. The minimum atomic E-state index is -5.58. The molecule has 0 aliphatic carbocycles. The molecule has 3 fully saturated rings. The van der Waals surface area contributed by atoms with Crippen molar-refractivity contribution in [3.8, 4) is 28.8 Å². The molecule has 8 rings (SSSR count). The zero-order chi connectivity index (χ0) is 80.8. The van der Waals surface area contributed by atoms with Gasteiger partial charge in [0.15, 0.2) is 5.78 Å². The van der Waals surface area contributed by atoms with Crippen LogP contribution in [0.15, 0.2) is 73.2 Å². The number of esters is 2. The largest absolute Gasteiger partial charge is 0.524 e. The average molecular weight is 1570 g/mol. The number of piperazine rings is 1. The summed E-state index contributed by atoms with van der Waals surface area (Å²) in [5.74, 6) is -9.87. The molecule has 3 aliphatic heterocycles. The first-order valence-electron chi connectivity index (χ1n) is 34.3. The van der Waals surface area contributed by atoms with Gasteiger partial charge in [-0.1, -0.05) is 57.7 Å². The van der Waals surface area contributed by atoms with Gasteiger partial charge in [-0.3, -0.25) is 44.1 Å². The fourth-order valence-electron chi connectivity index (χ4n) is 13.5. The van der Waals surface area contributed by atoms with Gasteiger partial charge in [-0.05, 0) is 100 Å². The smallest absolute Gasteiger partial charge is 0.480 e. The number of carbonyl (C=O) groups excluding carboxylic acids is 6. The summed E-state index contributed by atoms with van der Waals surface area (Å²) in [6, 6.07) is 7.45. The number of carboxylic acids is 1. The Morgan fingerprint density at radius 2 is 1.39 bits per heavy atom. The van der Waals surface area contributed by atoms with Crippen molar-refractivity contribution in [2.75, 3.05) is 59.0 Å². The maximum absolute atomic E-state index is 16.9. The first-order valence-corrected chi connectivity index (χ1v) is 35.8. The van der Waals surface area contributed by atoms with Crippen LogP contribution < -0.4 is 20.2 Å². The lowest BCUT2D eigenvalue weighted by Gasteiger charge is -2.47. The summed E-state index contributed by atoms with van der Waals surface area (Å²) in [6.45, 7) is 4.36. The molecule has 7 atom stereocenters. The Morgan fingerprint density at radius 3 is 1.92 bits per heavy atom. The number of ketones is 1. The summed E-state index contributed by atoms with van der Waals surface area (Å²) in [5.41, 5.74) is -7.35. The van der Waals surface area contributed by atoms with E-state index >= 15 is 44.7 Å². The first kappa shape index (κ1) is 85.3. The van der Waals surface area contributed by atoms with Crippen molar-refractivity contribution < 1.29 is 120 Å². The number of alkyl carbamates (subject to hydrolysis) is 1. The van der Waals surface area contributed by atoms with Gasteiger partial charge < -0.3 is 43.7 Å². The molecule has 26 nitrogen and oxygen atoms in total. The van der Waals surface area contributed by atoms with E-state index in [1.807, 2.05) is 5.32 Å². The number of fused-ring (bicyclic) bond motifs is 2. The van der Waals surface area contributed by atoms with Crippen molar-refractivity contribution in [2.24, 2.45) is 22.7 Å². The number of anilines is 1. The molecule has 2 bridgehead atoms. The molecular formula is C72H85F10N10O16P. The van der Waals surface area contributed by atoms with E-state index < -0.39 is 194 Å². The van der Waals surface area contributed by atoms with Gasteiger partial charge in [-0.25, -0.2) is 42.6 Å². The normalized spacial score (nSPS) is 17.3. The molecule has 594 valence electrons. The third kappa shape index (κ3) is 21.0.